The second-order valence-corrected chi connectivity index (χ2v) is 6.17. The van der Waals surface area contributed by atoms with Gasteiger partial charge in [-0.25, -0.2) is 9.07 Å². The molecule has 2 heterocycles. The molecule has 128 valence electrons. The lowest BCUT2D eigenvalue weighted by molar-refractivity contribution is -0.0421. The third kappa shape index (κ3) is 3.31. The van der Waals surface area contributed by atoms with Gasteiger partial charge in [0, 0.05) is 18.5 Å². The van der Waals surface area contributed by atoms with Crippen molar-refractivity contribution >= 4 is 10.8 Å². The zero-order valence-electron chi connectivity index (χ0n) is 13.6. The van der Waals surface area contributed by atoms with Crippen molar-refractivity contribution in [2.24, 2.45) is 0 Å². The molecule has 1 fully saturated rings. The molecule has 0 aliphatic carbocycles. The molecule has 25 heavy (non-hydrogen) atoms. The fourth-order valence-electron chi connectivity index (χ4n) is 3.13. The number of hydrogen-bond acceptors (Lipinski definition) is 4. The predicted molar refractivity (Wildman–Crippen MR) is 92.7 cm³/mol. The van der Waals surface area contributed by atoms with Crippen LogP contribution in [0.1, 0.15) is 11.7 Å². The van der Waals surface area contributed by atoms with Crippen LogP contribution in [0.5, 0.6) is 0 Å². The summed E-state index contributed by atoms with van der Waals surface area (Å²) in [6.45, 7) is 2.32. The topological polar surface area (TPSA) is 47.4 Å². The SMILES string of the molecule is O=c1c2ccccc2cnn1CN1CCOC(c2ccc(F)cc2)C1. The van der Waals surface area contributed by atoms with Crippen LogP contribution in [0.15, 0.2) is 59.5 Å². The smallest absolute Gasteiger partial charge is 0.275 e. The fourth-order valence-corrected chi connectivity index (χ4v) is 3.13. The van der Waals surface area contributed by atoms with Crippen molar-refractivity contribution in [2.45, 2.75) is 12.8 Å². The van der Waals surface area contributed by atoms with Crippen LogP contribution < -0.4 is 5.56 Å². The van der Waals surface area contributed by atoms with Crippen molar-refractivity contribution in [3.05, 3.63) is 76.5 Å². The number of halogens is 1. The number of rotatable bonds is 3. The maximum absolute atomic E-state index is 13.1. The third-order valence-electron chi connectivity index (χ3n) is 4.49. The molecule has 1 saturated heterocycles. The maximum Gasteiger partial charge on any atom is 0.275 e. The first-order valence-corrected chi connectivity index (χ1v) is 8.25. The van der Waals surface area contributed by atoms with E-state index >= 15 is 0 Å². The molecule has 0 N–H and O–H groups in total. The molecule has 1 aromatic heterocycles. The molecular weight excluding hydrogens is 321 g/mol. The molecule has 6 heteroatoms. The highest BCUT2D eigenvalue weighted by Crippen LogP contribution is 2.22. The summed E-state index contributed by atoms with van der Waals surface area (Å²) in [6, 6.07) is 13.8. The Morgan fingerprint density at radius 2 is 1.96 bits per heavy atom. The van der Waals surface area contributed by atoms with E-state index in [2.05, 4.69) is 10.00 Å². The number of aromatic nitrogens is 2. The summed E-state index contributed by atoms with van der Waals surface area (Å²) in [5.41, 5.74) is 0.841. The van der Waals surface area contributed by atoms with Crippen LogP contribution in [0.2, 0.25) is 0 Å². The van der Waals surface area contributed by atoms with Gasteiger partial charge in [-0.3, -0.25) is 9.69 Å². The van der Waals surface area contributed by atoms with E-state index in [4.69, 9.17) is 4.74 Å². The molecule has 1 unspecified atom stereocenters. The molecule has 0 saturated carbocycles. The van der Waals surface area contributed by atoms with Gasteiger partial charge in [-0.05, 0) is 23.8 Å². The summed E-state index contributed by atoms with van der Waals surface area (Å²) >= 11 is 0. The maximum atomic E-state index is 13.1. The minimum absolute atomic E-state index is 0.0945. The molecule has 4 rings (SSSR count). The molecule has 2 aromatic carbocycles. The number of fused-ring (bicyclic) bond motifs is 1. The van der Waals surface area contributed by atoms with Crippen LogP contribution >= 0.6 is 0 Å². The molecule has 1 atom stereocenters. The Morgan fingerprint density at radius 3 is 2.80 bits per heavy atom. The van der Waals surface area contributed by atoms with E-state index in [1.807, 2.05) is 24.3 Å². The van der Waals surface area contributed by atoms with E-state index in [-0.39, 0.29) is 17.5 Å². The molecule has 1 aliphatic heterocycles. The van der Waals surface area contributed by atoms with Gasteiger partial charge >= 0.3 is 0 Å². The van der Waals surface area contributed by atoms with Gasteiger partial charge in [0.1, 0.15) is 5.82 Å². The van der Waals surface area contributed by atoms with Crippen molar-refractivity contribution in [1.82, 2.24) is 14.7 Å². The molecule has 0 bridgehead atoms. The third-order valence-corrected chi connectivity index (χ3v) is 4.49. The molecule has 0 spiro atoms. The van der Waals surface area contributed by atoms with E-state index in [9.17, 15) is 9.18 Å². The lowest BCUT2D eigenvalue weighted by Crippen LogP contribution is -2.42. The predicted octanol–water partition coefficient (Wildman–Crippen LogP) is 2.57. The molecule has 1 aliphatic rings. The Labute approximate surface area is 144 Å². The van der Waals surface area contributed by atoms with Crippen molar-refractivity contribution in [1.29, 1.82) is 0 Å². The van der Waals surface area contributed by atoms with Crippen LogP contribution in [-0.4, -0.2) is 34.4 Å². The normalized spacial score (nSPS) is 18.5. The van der Waals surface area contributed by atoms with Crippen LogP contribution in [0.3, 0.4) is 0 Å². The molecule has 5 nitrogen and oxygen atoms in total. The summed E-state index contributed by atoms with van der Waals surface area (Å²) in [5, 5.41) is 5.79. The Kier molecular flexibility index (Phi) is 4.29. The fraction of sp³-hybridized carbons (Fsp3) is 0.263. The Morgan fingerprint density at radius 1 is 1.16 bits per heavy atom. The van der Waals surface area contributed by atoms with E-state index in [0.717, 1.165) is 17.5 Å². The van der Waals surface area contributed by atoms with Crippen molar-refractivity contribution < 1.29 is 9.13 Å². The van der Waals surface area contributed by atoms with E-state index in [0.29, 0.717) is 25.2 Å². The molecule has 3 aromatic rings. The van der Waals surface area contributed by atoms with Gasteiger partial charge in [0.15, 0.2) is 0 Å². The zero-order chi connectivity index (χ0) is 17.2. The van der Waals surface area contributed by atoms with E-state index in [1.54, 1.807) is 18.3 Å². The van der Waals surface area contributed by atoms with Crippen LogP contribution in [0, 0.1) is 5.82 Å². The van der Waals surface area contributed by atoms with Gasteiger partial charge in [-0.1, -0.05) is 30.3 Å². The minimum atomic E-state index is -0.261. The molecule has 0 amide bonds. The Balaban J connectivity index is 1.53. The lowest BCUT2D eigenvalue weighted by atomic mass is 10.1. The summed E-state index contributed by atoms with van der Waals surface area (Å²) in [6.07, 6.45) is 1.58. The average molecular weight is 339 g/mol. The van der Waals surface area contributed by atoms with Crippen molar-refractivity contribution in [2.75, 3.05) is 19.7 Å². The van der Waals surface area contributed by atoms with Gasteiger partial charge in [0.2, 0.25) is 0 Å². The van der Waals surface area contributed by atoms with Gasteiger partial charge in [-0.2, -0.15) is 5.10 Å². The summed E-state index contributed by atoms with van der Waals surface area (Å²) in [4.78, 5) is 14.7. The van der Waals surface area contributed by atoms with E-state index in [1.165, 1.54) is 16.8 Å². The van der Waals surface area contributed by atoms with Crippen LogP contribution in [-0.2, 0) is 11.4 Å². The highest BCUT2D eigenvalue weighted by molar-refractivity contribution is 5.80. The number of hydrogen-bond donors (Lipinski definition) is 0. The van der Waals surface area contributed by atoms with Gasteiger partial charge < -0.3 is 4.74 Å². The highest BCUT2D eigenvalue weighted by Gasteiger charge is 2.22. The Bertz CT molecular complexity index is 939. The van der Waals surface area contributed by atoms with Gasteiger partial charge in [0.05, 0.1) is 31.0 Å². The molecule has 0 radical (unpaired) electrons. The first-order chi connectivity index (χ1) is 12.2. The monoisotopic (exact) mass is 339 g/mol. The number of ether oxygens (including phenoxy) is 1. The van der Waals surface area contributed by atoms with E-state index < -0.39 is 0 Å². The summed E-state index contributed by atoms with van der Waals surface area (Å²) in [7, 11) is 0. The quantitative estimate of drug-likeness (QED) is 0.736. The second-order valence-electron chi connectivity index (χ2n) is 6.17. The first kappa shape index (κ1) is 15.9. The second kappa shape index (κ2) is 6.74. The Hall–Kier alpha value is -2.57. The number of nitrogens with zero attached hydrogens (tertiary/aromatic N) is 3. The van der Waals surface area contributed by atoms with Crippen LogP contribution in [0.4, 0.5) is 4.39 Å². The number of morpholine rings is 1. The van der Waals surface area contributed by atoms with Crippen molar-refractivity contribution in [3.63, 3.8) is 0 Å². The van der Waals surface area contributed by atoms with Gasteiger partial charge in [-0.15, -0.1) is 0 Å². The highest BCUT2D eigenvalue weighted by atomic mass is 19.1. The summed E-state index contributed by atoms with van der Waals surface area (Å²) in [5.74, 6) is -0.261. The zero-order valence-corrected chi connectivity index (χ0v) is 13.6. The summed E-state index contributed by atoms with van der Waals surface area (Å²) < 4.78 is 20.4. The van der Waals surface area contributed by atoms with Crippen molar-refractivity contribution in [3.8, 4) is 0 Å². The first-order valence-electron chi connectivity index (χ1n) is 8.25. The largest absolute Gasteiger partial charge is 0.371 e. The average Bonchev–Trinajstić information content (AvgIpc) is 2.65. The standard InChI is InChI=1S/C19H18FN3O2/c20-16-7-5-14(6-8-16)18-12-22(9-10-25-18)13-23-19(24)17-4-2-1-3-15(17)11-21-23/h1-8,11,18H,9-10,12-13H2. The minimum Gasteiger partial charge on any atom is -0.371 e. The lowest BCUT2D eigenvalue weighted by Gasteiger charge is -2.33. The number of benzene rings is 2. The van der Waals surface area contributed by atoms with Crippen LogP contribution in [0.25, 0.3) is 10.8 Å². The van der Waals surface area contributed by atoms with Gasteiger partial charge in [0.25, 0.3) is 5.56 Å². The molecular formula is C19H18FN3O2.